The van der Waals surface area contributed by atoms with Gasteiger partial charge < -0.3 is 4.74 Å². The number of nitrogens with one attached hydrogen (secondary N) is 2. The standard InChI is InChI=1S/C11H16N2O4S/c1-3-8-12-18(15,16)13-10-6-4-9(5-7-10)11(14)17-2/h4-7,12-13H,3,8H2,1-2H3. The molecule has 0 aliphatic carbocycles. The maximum absolute atomic E-state index is 11.5. The minimum Gasteiger partial charge on any atom is -0.465 e. The van der Waals surface area contributed by atoms with Crippen LogP contribution in [0.1, 0.15) is 23.7 Å². The van der Waals surface area contributed by atoms with Gasteiger partial charge in [0.25, 0.3) is 10.2 Å². The molecule has 0 spiro atoms. The Kier molecular flexibility index (Phi) is 5.11. The quantitative estimate of drug-likeness (QED) is 0.760. The van der Waals surface area contributed by atoms with Gasteiger partial charge in [0.15, 0.2) is 0 Å². The van der Waals surface area contributed by atoms with E-state index in [9.17, 15) is 13.2 Å². The third-order valence-electron chi connectivity index (χ3n) is 2.10. The summed E-state index contributed by atoms with van der Waals surface area (Å²) in [6, 6.07) is 5.97. The van der Waals surface area contributed by atoms with Crippen LogP contribution in [0, 0.1) is 0 Å². The lowest BCUT2D eigenvalue weighted by atomic mass is 10.2. The van der Waals surface area contributed by atoms with Crippen LogP contribution >= 0.6 is 0 Å². The molecule has 0 fully saturated rings. The summed E-state index contributed by atoms with van der Waals surface area (Å²) < 4.78 is 32.3. The van der Waals surface area contributed by atoms with E-state index in [2.05, 4.69) is 14.2 Å². The van der Waals surface area contributed by atoms with Crippen molar-refractivity contribution >= 4 is 21.9 Å². The van der Waals surface area contributed by atoms with Crippen LogP contribution in [0.15, 0.2) is 24.3 Å². The summed E-state index contributed by atoms with van der Waals surface area (Å²) in [6.07, 6.45) is 0.711. The molecule has 0 radical (unpaired) electrons. The van der Waals surface area contributed by atoms with Crippen molar-refractivity contribution in [3.05, 3.63) is 29.8 Å². The van der Waals surface area contributed by atoms with E-state index in [4.69, 9.17) is 0 Å². The Morgan fingerprint density at radius 2 is 1.89 bits per heavy atom. The van der Waals surface area contributed by atoms with E-state index in [1.165, 1.54) is 31.4 Å². The van der Waals surface area contributed by atoms with Crippen LogP contribution in [-0.4, -0.2) is 28.0 Å². The first-order valence-electron chi connectivity index (χ1n) is 5.44. The van der Waals surface area contributed by atoms with Gasteiger partial charge in [-0.15, -0.1) is 0 Å². The van der Waals surface area contributed by atoms with Crippen molar-refractivity contribution in [2.75, 3.05) is 18.4 Å². The molecule has 0 saturated carbocycles. The Balaban J connectivity index is 2.72. The third-order valence-corrected chi connectivity index (χ3v) is 3.19. The number of benzene rings is 1. The zero-order valence-electron chi connectivity index (χ0n) is 10.3. The lowest BCUT2D eigenvalue weighted by Gasteiger charge is -2.08. The molecule has 1 aromatic carbocycles. The molecule has 1 rings (SSSR count). The predicted molar refractivity (Wildman–Crippen MR) is 68.6 cm³/mol. The molecule has 1 aromatic rings. The fourth-order valence-electron chi connectivity index (χ4n) is 1.22. The van der Waals surface area contributed by atoms with Crippen LogP contribution in [0.4, 0.5) is 5.69 Å². The van der Waals surface area contributed by atoms with E-state index in [0.717, 1.165) is 0 Å². The monoisotopic (exact) mass is 272 g/mol. The average Bonchev–Trinajstić information content (AvgIpc) is 2.36. The predicted octanol–water partition coefficient (Wildman–Crippen LogP) is 1.13. The first-order valence-corrected chi connectivity index (χ1v) is 6.92. The summed E-state index contributed by atoms with van der Waals surface area (Å²) in [5, 5.41) is 0. The van der Waals surface area contributed by atoms with Crippen molar-refractivity contribution in [2.45, 2.75) is 13.3 Å². The number of hydrogen-bond acceptors (Lipinski definition) is 4. The van der Waals surface area contributed by atoms with Crippen molar-refractivity contribution < 1.29 is 17.9 Å². The van der Waals surface area contributed by atoms with Crippen LogP contribution in [0.2, 0.25) is 0 Å². The zero-order valence-corrected chi connectivity index (χ0v) is 11.1. The minimum absolute atomic E-state index is 0.363. The van der Waals surface area contributed by atoms with Gasteiger partial charge in [0.05, 0.1) is 12.7 Å². The highest BCUT2D eigenvalue weighted by atomic mass is 32.2. The van der Waals surface area contributed by atoms with Gasteiger partial charge in [0, 0.05) is 12.2 Å². The Labute approximate surface area is 107 Å². The first kappa shape index (κ1) is 14.5. The van der Waals surface area contributed by atoms with Gasteiger partial charge >= 0.3 is 5.97 Å². The molecule has 0 aliphatic rings. The normalized spacial score (nSPS) is 11.0. The largest absolute Gasteiger partial charge is 0.465 e. The molecule has 0 bridgehead atoms. The van der Waals surface area contributed by atoms with Crippen molar-refractivity contribution in [3.8, 4) is 0 Å². The molecular formula is C11H16N2O4S. The summed E-state index contributed by atoms with van der Waals surface area (Å²) in [5.41, 5.74) is 0.744. The summed E-state index contributed by atoms with van der Waals surface area (Å²) in [6.45, 7) is 2.24. The second-order valence-corrected chi connectivity index (χ2v) is 5.07. The van der Waals surface area contributed by atoms with Crippen LogP contribution in [-0.2, 0) is 14.9 Å². The van der Waals surface area contributed by atoms with Gasteiger partial charge in [-0.3, -0.25) is 4.72 Å². The zero-order chi connectivity index (χ0) is 13.6. The fourth-order valence-corrected chi connectivity index (χ4v) is 2.21. The minimum atomic E-state index is -3.55. The van der Waals surface area contributed by atoms with Gasteiger partial charge in [-0.05, 0) is 30.7 Å². The van der Waals surface area contributed by atoms with Crippen molar-refractivity contribution in [2.24, 2.45) is 0 Å². The van der Waals surface area contributed by atoms with E-state index in [1.807, 2.05) is 6.92 Å². The first-order chi connectivity index (χ1) is 8.48. The van der Waals surface area contributed by atoms with Crippen LogP contribution < -0.4 is 9.44 Å². The highest BCUT2D eigenvalue weighted by Gasteiger charge is 2.09. The molecule has 0 heterocycles. The SMILES string of the molecule is CCCNS(=O)(=O)Nc1ccc(C(=O)OC)cc1. The molecule has 0 amide bonds. The number of anilines is 1. The second-order valence-electron chi connectivity index (χ2n) is 3.57. The molecule has 6 nitrogen and oxygen atoms in total. The molecule has 0 atom stereocenters. The molecule has 7 heteroatoms. The number of esters is 1. The Bertz CT molecular complexity index is 496. The Morgan fingerprint density at radius 3 is 2.39 bits per heavy atom. The maximum Gasteiger partial charge on any atom is 0.337 e. The molecule has 0 aromatic heterocycles. The summed E-state index contributed by atoms with van der Waals surface area (Å²) >= 11 is 0. The van der Waals surface area contributed by atoms with Crippen LogP contribution in [0.5, 0.6) is 0 Å². The van der Waals surface area contributed by atoms with Crippen molar-refractivity contribution in [1.82, 2.24) is 4.72 Å². The Hall–Kier alpha value is -1.60. The summed E-state index contributed by atoms with van der Waals surface area (Å²) in [5.74, 6) is -0.464. The highest BCUT2D eigenvalue weighted by molar-refractivity contribution is 7.90. The summed E-state index contributed by atoms with van der Waals surface area (Å²) in [7, 11) is -2.27. The molecule has 0 unspecified atom stereocenters. The highest BCUT2D eigenvalue weighted by Crippen LogP contribution is 2.11. The maximum atomic E-state index is 11.5. The molecule has 2 N–H and O–H groups in total. The van der Waals surface area contributed by atoms with Crippen LogP contribution in [0.25, 0.3) is 0 Å². The number of ether oxygens (including phenoxy) is 1. The molecular weight excluding hydrogens is 256 g/mol. The Morgan fingerprint density at radius 1 is 1.28 bits per heavy atom. The molecule has 0 saturated heterocycles. The molecule has 18 heavy (non-hydrogen) atoms. The molecule has 100 valence electrons. The lowest BCUT2D eigenvalue weighted by Crippen LogP contribution is -2.30. The number of methoxy groups -OCH3 is 1. The molecule has 0 aliphatic heterocycles. The van der Waals surface area contributed by atoms with Gasteiger partial charge in [0.1, 0.15) is 0 Å². The van der Waals surface area contributed by atoms with E-state index in [-0.39, 0.29) is 0 Å². The topological polar surface area (TPSA) is 84.5 Å². The average molecular weight is 272 g/mol. The van der Waals surface area contributed by atoms with Gasteiger partial charge in [0.2, 0.25) is 0 Å². The second kappa shape index (κ2) is 6.36. The van der Waals surface area contributed by atoms with Crippen LogP contribution in [0.3, 0.4) is 0 Å². The number of hydrogen-bond donors (Lipinski definition) is 2. The lowest BCUT2D eigenvalue weighted by molar-refractivity contribution is 0.0601. The number of carbonyl (C=O) groups is 1. The summed E-state index contributed by atoms with van der Waals surface area (Å²) in [4.78, 5) is 11.2. The van der Waals surface area contributed by atoms with Crippen molar-refractivity contribution in [1.29, 1.82) is 0 Å². The number of rotatable bonds is 6. The van der Waals surface area contributed by atoms with Gasteiger partial charge in [-0.25, -0.2) is 4.79 Å². The van der Waals surface area contributed by atoms with Gasteiger partial charge in [-0.2, -0.15) is 13.1 Å². The van der Waals surface area contributed by atoms with E-state index in [0.29, 0.717) is 24.2 Å². The fraction of sp³-hybridized carbons (Fsp3) is 0.364. The van der Waals surface area contributed by atoms with Crippen molar-refractivity contribution in [3.63, 3.8) is 0 Å². The van der Waals surface area contributed by atoms with E-state index >= 15 is 0 Å². The number of carbonyl (C=O) groups excluding carboxylic acids is 1. The third kappa shape index (κ3) is 4.34. The smallest absolute Gasteiger partial charge is 0.337 e. The van der Waals surface area contributed by atoms with Gasteiger partial charge in [-0.1, -0.05) is 6.92 Å². The van der Waals surface area contributed by atoms with E-state index < -0.39 is 16.2 Å². The van der Waals surface area contributed by atoms with E-state index in [1.54, 1.807) is 0 Å².